The van der Waals surface area contributed by atoms with Crippen LogP contribution in [0.5, 0.6) is 0 Å². The molecule has 1 saturated carbocycles. The predicted octanol–water partition coefficient (Wildman–Crippen LogP) is 2.30. The number of nitrogens with one attached hydrogen (secondary N) is 1. The third-order valence-corrected chi connectivity index (χ3v) is 4.23. The average molecular weight is 265 g/mol. The van der Waals surface area contributed by atoms with E-state index in [1.54, 1.807) is 0 Å². The van der Waals surface area contributed by atoms with Gasteiger partial charge in [-0.15, -0.1) is 0 Å². The SMILES string of the molecule is CCCn1nc(C)c(CNC2CCC(O)CC2)c1C. The Hall–Kier alpha value is -0.870. The van der Waals surface area contributed by atoms with Crippen molar-refractivity contribution in [1.29, 1.82) is 0 Å². The van der Waals surface area contributed by atoms with Crippen LogP contribution in [0.4, 0.5) is 0 Å². The Labute approximate surface area is 116 Å². The summed E-state index contributed by atoms with van der Waals surface area (Å²) in [6, 6.07) is 0.553. The zero-order valence-electron chi connectivity index (χ0n) is 12.4. The Balaban J connectivity index is 1.92. The van der Waals surface area contributed by atoms with Gasteiger partial charge in [0.1, 0.15) is 0 Å². The Morgan fingerprint density at radius 3 is 2.58 bits per heavy atom. The Bertz CT molecular complexity index is 406. The van der Waals surface area contributed by atoms with Gasteiger partial charge >= 0.3 is 0 Å². The first-order valence-electron chi connectivity index (χ1n) is 7.56. The first kappa shape index (κ1) is 14.5. The fourth-order valence-electron chi connectivity index (χ4n) is 2.95. The molecule has 1 aromatic heterocycles. The van der Waals surface area contributed by atoms with Gasteiger partial charge in [-0.05, 0) is 46.0 Å². The number of hydrogen-bond acceptors (Lipinski definition) is 3. The first-order valence-corrected chi connectivity index (χ1v) is 7.56. The maximum Gasteiger partial charge on any atom is 0.0641 e. The molecule has 1 aliphatic rings. The quantitative estimate of drug-likeness (QED) is 0.859. The van der Waals surface area contributed by atoms with Crippen LogP contribution in [0.25, 0.3) is 0 Å². The highest BCUT2D eigenvalue weighted by atomic mass is 16.3. The van der Waals surface area contributed by atoms with Crippen LogP contribution in [0.3, 0.4) is 0 Å². The minimum Gasteiger partial charge on any atom is -0.393 e. The molecule has 0 amide bonds. The van der Waals surface area contributed by atoms with E-state index in [1.165, 1.54) is 11.3 Å². The molecule has 0 bridgehead atoms. The molecule has 0 aromatic carbocycles. The molecule has 1 fully saturated rings. The number of aliphatic hydroxyl groups excluding tert-OH is 1. The van der Waals surface area contributed by atoms with Gasteiger partial charge in [0.2, 0.25) is 0 Å². The fraction of sp³-hybridized carbons (Fsp3) is 0.800. The second-order valence-corrected chi connectivity index (χ2v) is 5.76. The van der Waals surface area contributed by atoms with E-state index in [0.717, 1.165) is 50.9 Å². The molecule has 0 atom stereocenters. The molecule has 19 heavy (non-hydrogen) atoms. The van der Waals surface area contributed by atoms with Gasteiger partial charge in [-0.3, -0.25) is 4.68 Å². The van der Waals surface area contributed by atoms with Gasteiger partial charge in [0.25, 0.3) is 0 Å². The van der Waals surface area contributed by atoms with Crippen molar-refractivity contribution in [2.45, 2.75) is 78.1 Å². The molecule has 108 valence electrons. The fourth-order valence-corrected chi connectivity index (χ4v) is 2.95. The highest BCUT2D eigenvalue weighted by Crippen LogP contribution is 2.20. The van der Waals surface area contributed by atoms with Crippen molar-refractivity contribution in [3.05, 3.63) is 17.0 Å². The summed E-state index contributed by atoms with van der Waals surface area (Å²) in [7, 11) is 0. The molecular formula is C15H27N3O. The van der Waals surface area contributed by atoms with E-state index in [0.29, 0.717) is 6.04 Å². The standard InChI is InChI=1S/C15H27N3O/c1-4-9-18-12(3)15(11(2)17-18)10-16-13-5-7-14(19)8-6-13/h13-14,16,19H,4-10H2,1-3H3. The largest absolute Gasteiger partial charge is 0.393 e. The van der Waals surface area contributed by atoms with Crippen LogP contribution in [0.1, 0.15) is 56.0 Å². The van der Waals surface area contributed by atoms with Crippen molar-refractivity contribution in [2.24, 2.45) is 0 Å². The molecule has 0 aliphatic heterocycles. The summed E-state index contributed by atoms with van der Waals surface area (Å²) in [6.45, 7) is 8.35. The van der Waals surface area contributed by atoms with Gasteiger partial charge in [0, 0.05) is 30.4 Å². The van der Waals surface area contributed by atoms with Crippen molar-refractivity contribution < 1.29 is 5.11 Å². The summed E-state index contributed by atoms with van der Waals surface area (Å²) >= 11 is 0. The normalized spacial score (nSPS) is 23.8. The zero-order valence-corrected chi connectivity index (χ0v) is 12.4. The lowest BCUT2D eigenvalue weighted by Gasteiger charge is -2.26. The lowest BCUT2D eigenvalue weighted by Crippen LogP contribution is -2.34. The van der Waals surface area contributed by atoms with Gasteiger partial charge in [0.15, 0.2) is 0 Å². The lowest BCUT2D eigenvalue weighted by atomic mass is 9.93. The molecule has 0 saturated heterocycles. The molecule has 4 nitrogen and oxygen atoms in total. The molecule has 0 unspecified atom stereocenters. The number of hydrogen-bond donors (Lipinski definition) is 2. The molecule has 2 N–H and O–H groups in total. The van der Waals surface area contributed by atoms with E-state index >= 15 is 0 Å². The van der Waals surface area contributed by atoms with Gasteiger partial charge in [0.05, 0.1) is 11.8 Å². The maximum absolute atomic E-state index is 9.52. The molecule has 4 heteroatoms. The van der Waals surface area contributed by atoms with Gasteiger partial charge in [-0.2, -0.15) is 5.10 Å². The third kappa shape index (κ3) is 3.57. The van der Waals surface area contributed by atoms with Crippen molar-refractivity contribution in [1.82, 2.24) is 15.1 Å². The lowest BCUT2D eigenvalue weighted by molar-refractivity contribution is 0.116. The Morgan fingerprint density at radius 2 is 1.95 bits per heavy atom. The minimum absolute atomic E-state index is 0.0752. The highest BCUT2D eigenvalue weighted by molar-refractivity contribution is 5.24. The van der Waals surface area contributed by atoms with Crippen LogP contribution in [0.15, 0.2) is 0 Å². The summed E-state index contributed by atoms with van der Waals surface area (Å²) in [5.41, 5.74) is 3.79. The van der Waals surface area contributed by atoms with Gasteiger partial charge in [-0.1, -0.05) is 6.92 Å². The Morgan fingerprint density at radius 1 is 1.26 bits per heavy atom. The second-order valence-electron chi connectivity index (χ2n) is 5.76. The average Bonchev–Trinajstić information content (AvgIpc) is 2.65. The van der Waals surface area contributed by atoms with E-state index in [1.807, 2.05) is 0 Å². The molecule has 2 rings (SSSR count). The third-order valence-electron chi connectivity index (χ3n) is 4.23. The zero-order chi connectivity index (χ0) is 13.8. The number of aliphatic hydroxyl groups is 1. The molecular weight excluding hydrogens is 238 g/mol. The summed E-state index contributed by atoms with van der Waals surface area (Å²) in [5, 5.41) is 17.8. The Kier molecular flexibility index (Phi) is 4.99. The summed E-state index contributed by atoms with van der Waals surface area (Å²) < 4.78 is 2.12. The maximum atomic E-state index is 9.52. The van der Waals surface area contributed by atoms with Gasteiger partial charge < -0.3 is 10.4 Å². The number of rotatable bonds is 5. The molecule has 1 heterocycles. The molecule has 0 radical (unpaired) electrons. The van der Waals surface area contributed by atoms with Crippen LogP contribution in [-0.2, 0) is 13.1 Å². The van der Waals surface area contributed by atoms with Crippen molar-refractivity contribution in [2.75, 3.05) is 0 Å². The van der Waals surface area contributed by atoms with Crippen molar-refractivity contribution in [3.63, 3.8) is 0 Å². The van der Waals surface area contributed by atoms with Crippen LogP contribution < -0.4 is 5.32 Å². The van der Waals surface area contributed by atoms with Crippen molar-refractivity contribution >= 4 is 0 Å². The topological polar surface area (TPSA) is 50.1 Å². The van der Waals surface area contributed by atoms with Crippen LogP contribution in [0, 0.1) is 13.8 Å². The number of aromatic nitrogens is 2. The minimum atomic E-state index is -0.0752. The van der Waals surface area contributed by atoms with Gasteiger partial charge in [-0.25, -0.2) is 0 Å². The van der Waals surface area contributed by atoms with Crippen molar-refractivity contribution in [3.8, 4) is 0 Å². The first-order chi connectivity index (χ1) is 9.11. The predicted molar refractivity (Wildman–Crippen MR) is 77.1 cm³/mol. The van der Waals surface area contributed by atoms with Crippen LogP contribution >= 0.6 is 0 Å². The van der Waals surface area contributed by atoms with E-state index in [2.05, 4.69) is 35.9 Å². The highest BCUT2D eigenvalue weighted by Gasteiger charge is 2.19. The molecule has 0 spiro atoms. The van der Waals surface area contributed by atoms with E-state index in [9.17, 15) is 5.11 Å². The number of aryl methyl sites for hydroxylation is 2. The molecule has 1 aliphatic carbocycles. The summed E-state index contributed by atoms with van der Waals surface area (Å²) in [4.78, 5) is 0. The molecule has 1 aromatic rings. The summed E-state index contributed by atoms with van der Waals surface area (Å²) in [6.07, 6.45) is 5.09. The van der Waals surface area contributed by atoms with E-state index in [4.69, 9.17) is 0 Å². The van der Waals surface area contributed by atoms with E-state index < -0.39 is 0 Å². The summed E-state index contributed by atoms with van der Waals surface area (Å²) in [5.74, 6) is 0. The second kappa shape index (κ2) is 6.53. The smallest absolute Gasteiger partial charge is 0.0641 e. The van der Waals surface area contributed by atoms with Crippen LogP contribution in [-0.4, -0.2) is 27.0 Å². The van der Waals surface area contributed by atoms with E-state index in [-0.39, 0.29) is 6.10 Å². The monoisotopic (exact) mass is 265 g/mol. The number of nitrogens with zero attached hydrogens (tertiary/aromatic N) is 2. The van der Waals surface area contributed by atoms with Crippen LogP contribution in [0.2, 0.25) is 0 Å².